The zero-order valence-electron chi connectivity index (χ0n) is 17.3. The van der Waals surface area contributed by atoms with Gasteiger partial charge in [-0.2, -0.15) is 0 Å². The van der Waals surface area contributed by atoms with Crippen molar-refractivity contribution in [1.29, 1.82) is 0 Å². The molecule has 30 heavy (non-hydrogen) atoms. The second-order valence-corrected chi connectivity index (χ2v) is 11.3. The van der Waals surface area contributed by atoms with Gasteiger partial charge in [0.2, 0.25) is 10.0 Å². The highest BCUT2D eigenvalue weighted by atomic mass is 32.2. The molecule has 1 aromatic carbocycles. The predicted molar refractivity (Wildman–Crippen MR) is 117 cm³/mol. The van der Waals surface area contributed by atoms with E-state index in [0.29, 0.717) is 17.1 Å². The van der Waals surface area contributed by atoms with Crippen LogP contribution in [-0.2, 0) is 14.8 Å². The second kappa shape index (κ2) is 6.51. The molecule has 0 radical (unpaired) electrons. The number of rotatable bonds is 3. The minimum Gasteiger partial charge on any atom is -0.268 e. The summed E-state index contributed by atoms with van der Waals surface area (Å²) in [7, 11) is -3.68. The zero-order valence-corrected chi connectivity index (χ0v) is 18.1. The van der Waals surface area contributed by atoms with Gasteiger partial charge in [-0.25, -0.2) is 12.7 Å². The second-order valence-electron chi connectivity index (χ2n) is 9.43. The van der Waals surface area contributed by atoms with Crippen LogP contribution in [0.2, 0.25) is 0 Å². The van der Waals surface area contributed by atoms with Gasteiger partial charge in [0.15, 0.2) is 0 Å². The van der Waals surface area contributed by atoms with Crippen LogP contribution in [0.25, 0.3) is 11.6 Å². The molecule has 1 aromatic heterocycles. The number of benzene rings is 1. The van der Waals surface area contributed by atoms with Gasteiger partial charge in [-0.3, -0.25) is 9.78 Å². The Balaban J connectivity index is 1.62. The van der Waals surface area contributed by atoms with E-state index in [1.165, 1.54) is 4.31 Å². The summed E-state index contributed by atoms with van der Waals surface area (Å²) in [4.78, 5) is 17.9. The quantitative estimate of drug-likeness (QED) is 0.702. The molecule has 5 nitrogen and oxygen atoms in total. The minimum absolute atomic E-state index is 0.0697. The number of pyridine rings is 1. The Morgan fingerprint density at radius 1 is 1.13 bits per heavy atom. The van der Waals surface area contributed by atoms with Crippen LogP contribution in [0.4, 0.5) is 0 Å². The lowest BCUT2D eigenvalue weighted by Gasteiger charge is -2.37. The maximum absolute atomic E-state index is 13.9. The van der Waals surface area contributed by atoms with Crippen molar-refractivity contribution < 1.29 is 13.2 Å². The van der Waals surface area contributed by atoms with E-state index >= 15 is 0 Å². The van der Waals surface area contributed by atoms with Crippen LogP contribution in [0.1, 0.15) is 44.2 Å². The van der Waals surface area contributed by atoms with Gasteiger partial charge >= 0.3 is 0 Å². The number of carbonyl (C=O) groups excluding carboxylic acids is 1. The van der Waals surface area contributed by atoms with Crippen LogP contribution < -0.4 is 0 Å². The highest BCUT2D eigenvalue weighted by Gasteiger charge is 2.72. The minimum atomic E-state index is -3.68. The molecule has 6 heteroatoms. The molecule has 1 amide bonds. The van der Waals surface area contributed by atoms with E-state index in [-0.39, 0.29) is 22.6 Å². The molecule has 3 fully saturated rings. The summed E-state index contributed by atoms with van der Waals surface area (Å²) < 4.78 is 27.9. The molecule has 2 bridgehead atoms. The summed E-state index contributed by atoms with van der Waals surface area (Å²) >= 11 is 0. The fourth-order valence-electron chi connectivity index (χ4n) is 6.19. The summed E-state index contributed by atoms with van der Waals surface area (Å²) in [6, 6.07) is 12.8. The average molecular weight is 423 g/mol. The van der Waals surface area contributed by atoms with Gasteiger partial charge in [0.25, 0.3) is 5.91 Å². The molecule has 2 saturated carbocycles. The number of aromatic nitrogens is 1. The lowest BCUT2D eigenvalue weighted by Crippen LogP contribution is -2.44. The molecule has 3 aliphatic rings. The highest BCUT2D eigenvalue weighted by Crippen LogP contribution is 2.70. The first-order chi connectivity index (χ1) is 14.3. The van der Waals surface area contributed by atoms with Gasteiger partial charge in [-0.15, -0.1) is 0 Å². The summed E-state index contributed by atoms with van der Waals surface area (Å²) in [6.45, 7) is 4.38. The van der Waals surface area contributed by atoms with E-state index in [2.05, 4.69) is 18.8 Å². The molecule has 3 atom stereocenters. The molecular formula is C24H26N2O3S. The normalized spacial score (nSPS) is 31.0. The van der Waals surface area contributed by atoms with Crippen molar-refractivity contribution >= 4 is 27.6 Å². The van der Waals surface area contributed by atoms with E-state index in [4.69, 9.17) is 0 Å². The summed E-state index contributed by atoms with van der Waals surface area (Å²) in [6.07, 6.45) is 7.75. The third-order valence-corrected chi connectivity index (χ3v) is 9.84. The average Bonchev–Trinajstić information content (AvgIpc) is 3.21. The molecule has 5 rings (SSSR count). The number of sulfonamides is 1. The van der Waals surface area contributed by atoms with Crippen LogP contribution in [0.3, 0.4) is 0 Å². The Morgan fingerprint density at radius 2 is 1.83 bits per heavy atom. The smallest absolute Gasteiger partial charge is 0.268 e. The third-order valence-electron chi connectivity index (χ3n) is 7.94. The first kappa shape index (κ1) is 19.5. The Bertz CT molecular complexity index is 1130. The van der Waals surface area contributed by atoms with Gasteiger partial charge in [0.1, 0.15) is 0 Å². The highest BCUT2D eigenvalue weighted by molar-refractivity contribution is 7.90. The van der Waals surface area contributed by atoms with E-state index in [0.717, 1.165) is 24.8 Å². The Kier molecular flexibility index (Phi) is 4.23. The fourth-order valence-corrected chi connectivity index (χ4v) is 8.72. The molecule has 0 N–H and O–H groups in total. The molecule has 1 saturated heterocycles. The van der Waals surface area contributed by atoms with Crippen molar-refractivity contribution in [1.82, 2.24) is 9.29 Å². The lowest BCUT2D eigenvalue weighted by molar-refractivity contribution is -0.123. The monoisotopic (exact) mass is 422 g/mol. The van der Waals surface area contributed by atoms with E-state index in [1.807, 2.05) is 30.3 Å². The first-order valence-electron chi connectivity index (χ1n) is 10.5. The number of amides is 1. The standard InChI is InChI=1S/C24H26N2O3S/c1-23(2)19-8-11-24(23)16-30(28,29)26(21(24)15-19)22(27)20(18-9-12-25-13-10-18)14-17-6-4-3-5-7-17/h3-7,9-10,12-14,19,21H,8,11,15-16H2,1-2H3/b20-14+/t19?,21?,24-/m1/s1. The Labute approximate surface area is 177 Å². The lowest BCUT2D eigenvalue weighted by atomic mass is 9.69. The van der Waals surface area contributed by atoms with E-state index in [9.17, 15) is 13.2 Å². The maximum Gasteiger partial charge on any atom is 0.268 e. The number of hydrogen-bond acceptors (Lipinski definition) is 4. The number of carbonyl (C=O) groups is 1. The van der Waals surface area contributed by atoms with Crippen molar-refractivity contribution in [2.24, 2.45) is 16.7 Å². The fraction of sp³-hybridized carbons (Fsp3) is 0.417. The maximum atomic E-state index is 13.9. The molecule has 2 aliphatic carbocycles. The first-order valence-corrected chi connectivity index (χ1v) is 12.1. The van der Waals surface area contributed by atoms with Crippen molar-refractivity contribution in [3.05, 3.63) is 66.0 Å². The van der Waals surface area contributed by atoms with Crippen LogP contribution in [0.5, 0.6) is 0 Å². The van der Waals surface area contributed by atoms with E-state index in [1.54, 1.807) is 30.6 Å². The summed E-state index contributed by atoms with van der Waals surface area (Å²) in [5.41, 5.74) is 1.53. The van der Waals surface area contributed by atoms with Gasteiger partial charge in [-0.05, 0) is 59.9 Å². The third kappa shape index (κ3) is 2.62. The Hall–Kier alpha value is -2.47. The number of nitrogens with zero attached hydrogens (tertiary/aromatic N) is 2. The molecule has 156 valence electrons. The number of fused-ring (bicyclic) bond motifs is 1. The molecular weight excluding hydrogens is 396 g/mol. The van der Waals surface area contributed by atoms with Crippen molar-refractivity contribution in [3.8, 4) is 0 Å². The number of hydrogen-bond donors (Lipinski definition) is 0. The topological polar surface area (TPSA) is 67.3 Å². The molecule has 1 aliphatic heterocycles. The molecule has 2 unspecified atom stereocenters. The van der Waals surface area contributed by atoms with Gasteiger partial charge < -0.3 is 0 Å². The molecule has 2 aromatic rings. The predicted octanol–water partition coefficient (Wildman–Crippen LogP) is 3.99. The van der Waals surface area contributed by atoms with Crippen molar-refractivity contribution in [2.75, 3.05) is 5.75 Å². The molecule has 1 spiro atoms. The van der Waals surface area contributed by atoms with Gasteiger partial charge in [0.05, 0.1) is 11.8 Å². The summed E-state index contributed by atoms with van der Waals surface area (Å²) in [5, 5.41) is 0. The van der Waals surface area contributed by atoms with Crippen LogP contribution in [-0.4, -0.2) is 35.4 Å². The largest absolute Gasteiger partial charge is 0.268 e. The molecule has 2 heterocycles. The van der Waals surface area contributed by atoms with E-state index < -0.39 is 15.9 Å². The van der Waals surface area contributed by atoms with Crippen LogP contribution in [0, 0.1) is 16.7 Å². The van der Waals surface area contributed by atoms with Gasteiger partial charge in [0, 0.05) is 23.4 Å². The van der Waals surface area contributed by atoms with Crippen molar-refractivity contribution in [2.45, 2.75) is 39.2 Å². The van der Waals surface area contributed by atoms with Gasteiger partial charge in [-0.1, -0.05) is 44.2 Å². The Morgan fingerprint density at radius 3 is 2.50 bits per heavy atom. The van der Waals surface area contributed by atoms with Crippen LogP contribution >= 0.6 is 0 Å². The van der Waals surface area contributed by atoms with Crippen molar-refractivity contribution in [3.63, 3.8) is 0 Å². The summed E-state index contributed by atoms with van der Waals surface area (Å²) in [5.74, 6) is 0.126. The SMILES string of the molecule is CC1(C)C2CC[C@]13CS(=O)(=O)N(C(=O)/C(=C/c1ccccc1)c1ccncc1)C3C2. The van der Waals surface area contributed by atoms with Crippen LogP contribution in [0.15, 0.2) is 54.9 Å². The zero-order chi connectivity index (χ0) is 21.1.